The van der Waals surface area contributed by atoms with Crippen LogP contribution in [0.5, 0.6) is 11.5 Å². The Labute approximate surface area is 198 Å². The summed E-state index contributed by atoms with van der Waals surface area (Å²) < 4.78 is 17.5. The molecule has 1 unspecified atom stereocenters. The van der Waals surface area contributed by atoms with Gasteiger partial charge in [0, 0.05) is 35.5 Å². The van der Waals surface area contributed by atoms with Crippen LogP contribution in [0.3, 0.4) is 0 Å². The second-order valence-corrected chi connectivity index (χ2v) is 8.21. The van der Waals surface area contributed by atoms with Gasteiger partial charge in [-0.2, -0.15) is 0 Å². The van der Waals surface area contributed by atoms with E-state index in [1.165, 1.54) is 0 Å². The number of methoxy groups -OCH3 is 1. The lowest BCUT2D eigenvalue weighted by Gasteiger charge is -2.30. The normalized spacial score (nSPS) is 15.4. The smallest absolute Gasteiger partial charge is 0.340 e. The summed E-state index contributed by atoms with van der Waals surface area (Å²) in [6.07, 6.45) is 1.60. The number of halogens is 1. The molecule has 0 radical (unpaired) electrons. The molecule has 1 heterocycles. The van der Waals surface area contributed by atoms with Crippen molar-refractivity contribution in [3.05, 3.63) is 82.2 Å². The molecule has 0 amide bonds. The Hall–Kier alpha value is -3.51. The minimum atomic E-state index is -0.488. The fourth-order valence-corrected chi connectivity index (χ4v) is 4.07. The quantitative estimate of drug-likeness (QED) is 0.278. The summed E-state index contributed by atoms with van der Waals surface area (Å²) in [4.78, 5) is 19.5. The third-order valence-electron chi connectivity index (χ3n) is 5.34. The molecule has 0 fully saturated rings. The molecule has 6 nitrogen and oxygen atoms in total. The fraction of sp³-hybridized carbons (Fsp3) is 0.231. The number of fused-ring (bicyclic) bond motifs is 3. The Kier molecular flexibility index (Phi) is 6.56. The first-order valence-electron chi connectivity index (χ1n) is 10.6. The molecular formula is C26H25ClN2O4. The number of carbonyl (C=O) groups is 1. The molecular weight excluding hydrogens is 440 g/mol. The van der Waals surface area contributed by atoms with Gasteiger partial charge in [0.1, 0.15) is 17.1 Å². The van der Waals surface area contributed by atoms with E-state index in [9.17, 15) is 4.79 Å². The van der Waals surface area contributed by atoms with Gasteiger partial charge in [0.15, 0.2) is 0 Å². The fourth-order valence-electron chi connectivity index (χ4n) is 3.94. The molecule has 0 spiro atoms. The Morgan fingerprint density at radius 2 is 1.85 bits per heavy atom. The van der Waals surface area contributed by atoms with Crippen LogP contribution < -0.4 is 9.47 Å². The van der Waals surface area contributed by atoms with E-state index in [4.69, 9.17) is 25.8 Å². The van der Waals surface area contributed by atoms with Crippen LogP contribution in [-0.4, -0.2) is 45.0 Å². The van der Waals surface area contributed by atoms with Crippen molar-refractivity contribution >= 4 is 34.7 Å². The number of esters is 1. The minimum Gasteiger partial charge on any atom is -0.496 e. The van der Waals surface area contributed by atoms with Crippen LogP contribution in [0, 0.1) is 0 Å². The Bertz CT molecular complexity index is 1250. The monoisotopic (exact) mass is 464 g/mol. The van der Waals surface area contributed by atoms with Crippen molar-refractivity contribution in [3.8, 4) is 11.5 Å². The summed E-state index contributed by atoms with van der Waals surface area (Å²) in [6.45, 7) is 2.00. The van der Waals surface area contributed by atoms with Gasteiger partial charge >= 0.3 is 5.97 Å². The van der Waals surface area contributed by atoms with E-state index < -0.39 is 11.9 Å². The molecule has 4 rings (SSSR count). The van der Waals surface area contributed by atoms with E-state index in [0.29, 0.717) is 22.1 Å². The highest BCUT2D eigenvalue weighted by Crippen LogP contribution is 2.49. The van der Waals surface area contributed by atoms with Gasteiger partial charge in [0.2, 0.25) is 5.88 Å². The minimum absolute atomic E-state index is 0.199. The van der Waals surface area contributed by atoms with Crippen molar-refractivity contribution in [2.45, 2.75) is 12.8 Å². The maximum Gasteiger partial charge on any atom is 0.340 e. The molecule has 1 atom stereocenters. The molecule has 33 heavy (non-hydrogen) atoms. The standard InChI is InChI=1S/C26H25ClN2O4/c1-5-32-26(30)23-22(16-10-12-17(27)13-11-16)20-14-21(31-4)18-8-6-7-9-19(18)24(20)33-25(23)28-15-29(2)3/h6-15,22H,5H2,1-4H3. The molecule has 0 saturated heterocycles. The molecule has 3 aromatic rings. The molecule has 0 aromatic heterocycles. The molecule has 0 bridgehead atoms. The number of benzene rings is 3. The molecule has 1 aliphatic heterocycles. The van der Waals surface area contributed by atoms with Gasteiger partial charge < -0.3 is 19.1 Å². The predicted octanol–water partition coefficient (Wildman–Crippen LogP) is 5.39. The van der Waals surface area contributed by atoms with Crippen LogP contribution in [0.1, 0.15) is 24.0 Å². The predicted molar refractivity (Wildman–Crippen MR) is 130 cm³/mol. The van der Waals surface area contributed by atoms with Crippen LogP contribution in [0.4, 0.5) is 0 Å². The van der Waals surface area contributed by atoms with Gasteiger partial charge in [-0.3, -0.25) is 0 Å². The zero-order valence-corrected chi connectivity index (χ0v) is 19.7. The number of aliphatic imine (C=N–C) groups is 1. The van der Waals surface area contributed by atoms with Crippen molar-refractivity contribution in [2.24, 2.45) is 4.99 Å². The number of nitrogens with zero attached hydrogens (tertiary/aromatic N) is 2. The topological polar surface area (TPSA) is 60.4 Å². The van der Waals surface area contributed by atoms with Crippen LogP contribution >= 0.6 is 11.6 Å². The van der Waals surface area contributed by atoms with Crippen LogP contribution in [0.15, 0.2) is 71.0 Å². The number of ether oxygens (including phenoxy) is 3. The zero-order chi connectivity index (χ0) is 23.5. The molecule has 0 aliphatic carbocycles. The van der Waals surface area contributed by atoms with E-state index in [-0.39, 0.29) is 12.5 Å². The summed E-state index contributed by atoms with van der Waals surface area (Å²) in [5.41, 5.74) is 1.98. The van der Waals surface area contributed by atoms with Gasteiger partial charge in [-0.1, -0.05) is 48.0 Å². The maximum absolute atomic E-state index is 13.2. The highest BCUT2D eigenvalue weighted by molar-refractivity contribution is 6.30. The number of hydrogen-bond acceptors (Lipinski definition) is 5. The Balaban J connectivity index is 2.06. The summed E-state index contributed by atoms with van der Waals surface area (Å²) in [5.74, 6) is 0.546. The summed E-state index contributed by atoms with van der Waals surface area (Å²) in [5, 5.41) is 2.38. The van der Waals surface area contributed by atoms with Gasteiger partial charge in [-0.15, -0.1) is 0 Å². The Morgan fingerprint density at radius 3 is 2.48 bits per heavy atom. The van der Waals surface area contributed by atoms with Crippen molar-refractivity contribution in [1.82, 2.24) is 4.90 Å². The molecule has 1 aliphatic rings. The van der Waals surface area contributed by atoms with Crippen molar-refractivity contribution in [2.75, 3.05) is 27.8 Å². The van der Waals surface area contributed by atoms with E-state index >= 15 is 0 Å². The Morgan fingerprint density at radius 1 is 1.15 bits per heavy atom. The number of carbonyl (C=O) groups excluding carboxylic acids is 1. The van der Waals surface area contributed by atoms with E-state index in [0.717, 1.165) is 21.9 Å². The van der Waals surface area contributed by atoms with Gasteiger partial charge in [-0.25, -0.2) is 9.79 Å². The lowest BCUT2D eigenvalue weighted by Crippen LogP contribution is -2.24. The second kappa shape index (κ2) is 9.55. The second-order valence-electron chi connectivity index (χ2n) is 7.78. The van der Waals surface area contributed by atoms with Crippen molar-refractivity contribution < 1.29 is 19.0 Å². The third-order valence-corrected chi connectivity index (χ3v) is 5.59. The maximum atomic E-state index is 13.2. The average Bonchev–Trinajstić information content (AvgIpc) is 2.82. The van der Waals surface area contributed by atoms with Gasteiger partial charge in [-0.05, 0) is 30.7 Å². The zero-order valence-electron chi connectivity index (χ0n) is 19.0. The largest absolute Gasteiger partial charge is 0.496 e. The van der Waals surface area contributed by atoms with E-state index in [2.05, 4.69) is 4.99 Å². The van der Waals surface area contributed by atoms with Crippen LogP contribution in [0.25, 0.3) is 10.8 Å². The first-order valence-corrected chi connectivity index (χ1v) is 11.0. The van der Waals surface area contributed by atoms with Gasteiger partial charge in [0.25, 0.3) is 0 Å². The van der Waals surface area contributed by atoms with E-state index in [1.807, 2.05) is 56.6 Å². The van der Waals surface area contributed by atoms with Crippen LogP contribution in [-0.2, 0) is 9.53 Å². The average molecular weight is 465 g/mol. The molecule has 0 saturated carbocycles. The lowest BCUT2D eigenvalue weighted by atomic mass is 9.81. The summed E-state index contributed by atoms with van der Waals surface area (Å²) >= 11 is 6.16. The molecule has 3 aromatic carbocycles. The van der Waals surface area contributed by atoms with Crippen molar-refractivity contribution in [1.29, 1.82) is 0 Å². The third kappa shape index (κ3) is 4.39. The van der Waals surface area contributed by atoms with E-state index in [1.54, 1.807) is 37.4 Å². The highest BCUT2D eigenvalue weighted by Gasteiger charge is 2.38. The lowest BCUT2D eigenvalue weighted by molar-refractivity contribution is -0.139. The van der Waals surface area contributed by atoms with Gasteiger partial charge in [0.05, 0.1) is 26.0 Å². The van der Waals surface area contributed by atoms with Crippen molar-refractivity contribution in [3.63, 3.8) is 0 Å². The summed E-state index contributed by atoms with van der Waals surface area (Å²) in [6, 6.07) is 17.2. The first kappa shape index (κ1) is 22.7. The van der Waals surface area contributed by atoms with Crippen LogP contribution in [0.2, 0.25) is 5.02 Å². The SMILES string of the molecule is CCOC(=O)C1=C(N=CN(C)C)Oc2c(cc(OC)c3ccccc23)C1c1ccc(Cl)cc1. The molecule has 7 heteroatoms. The summed E-state index contributed by atoms with van der Waals surface area (Å²) in [7, 11) is 5.33. The molecule has 170 valence electrons. The number of hydrogen-bond donors (Lipinski definition) is 0. The first-order chi connectivity index (χ1) is 15.9. The molecule has 0 N–H and O–H groups in total. The number of rotatable bonds is 6. The highest BCUT2D eigenvalue weighted by atomic mass is 35.5.